The second kappa shape index (κ2) is 6.19. The number of rotatable bonds is 4. The lowest BCUT2D eigenvalue weighted by atomic mass is 10.1. The van der Waals surface area contributed by atoms with Gasteiger partial charge in [-0.05, 0) is 23.9 Å². The van der Waals surface area contributed by atoms with Crippen molar-refractivity contribution in [2.24, 2.45) is 0 Å². The van der Waals surface area contributed by atoms with Gasteiger partial charge in [0.2, 0.25) is 0 Å². The molecule has 0 spiro atoms. The Labute approximate surface area is 117 Å². The molecule has 0 amide bonds. The Morgan fingerprint density at radius 2 is 2.05 bits per heavy atom. The quantitative estimate of drug-likeness (QED) is 0.634. The van der Waals surface area contributed by atoms with Crippen LogP contribution in [0.2, 0.25) is 0 Å². The molecule has 104 valence electrons. The standard InChI is InChI=1S/C16H17NO3/c1-3-12(16(19)20-2)8-10-17-11-9-13-6-4-5-7-14(13)15(17)18/h4-9,11H,3,10H2,1-2H3/b12-8-. The maximum Gasteiger partial charge on any atom is 0.333 e. The van der Waals surface area contributed by atoms with Crippen LogP contribution < -0.4 is 5.56 Å². The van der Waals surface area contributed by atoms with E-state index in [-0.39, 0.29) is 11.5 Å². The van der Waals surface area contributed by atoms with E-state index < -0.39 is 0 Å². The minimum Gasteiger partial charge on any atom is -0.466 e. The highest BCUT2D eigenvalue weighted by atomic mass is 16.5. The van der Waals surface area contributed by atoms with Gasteiger partial charge in [0.1, 0.15) is 0 Å². The number of aromatic nitrogens is 1. The van der Waals surface area contributed by atoms with Crippen molar-refractivity contribution in [3.8, 4) is 0 Å². The normalized spacial score (nSPS) is 11.6. The monoisotopic (exact) mass is 271 g/mol. The largest absolute Gasteiger partial charge is 0.466 e. The first-order chi connectivity index (χ1) is 9.67. The fraction of sp³-hybridized carbons (Fsp3) is 0.250. The average molecular weight is 271 g/mol. The van der Waals surface area contributed by atoms with E-state index in [1.54, 1.807) is 22.9 Å². The number of esters is 1. The van der Waals surface area contributed by atoms with Crippen molar-refractivity contribution in [1.29, 1.82) is 0 Å². The number of methoxy groups -OCH3 is 1. The molecule has 0 aliphatic rings. The van der Waals surface area contributed by atoms with Crippen LogP contribution in [0.4, 0.5) is 0 Å². The number of hydrogen-bond donors (Lipinski definition) is 0. The van der Waals surface area contributed by atoms with Gasteiger partial charge < -0.3 is 9.30 Å². The molecule has 0 aliphatic carbocycles. The third-order valence-electron chi connectivity index (χ3n) is 3.25. The van der Waals surface area contributed by atoms with E-state index in [2.05, 4.69) is 0 Å². The molecule has 0 unspecified atom stereocenters. The molecular weight excluding hydrogens is 254 g/mol. The number of allylic oxidation sites excluding steroid dienone is 1. The van der Waals surface area contributed by atoms with Gasteiger partial charge in [-0.2, -0.15) is 0 Å². The Kier molecular flexibility index (Phi) is 4.35. The summed E-state index contributed by atoms with van der Waals surface area (Å²) in [7, 11) is 1.36. The number of nitrogens with zero attached hydrogens (tertiary/aromatic N) is 1. The SMILES string of the molecule is CC/C(=C/Cn1ccc2ccccc2c1=O)C(=O)OC. The predicted molar refractivity (Wildman–Crippen MR) is 78.6 cm³/mol. The smallest absolute Gasteiger partial charge is 0.333 e. The lowest BCUT2D eigenvalue weighted by Crippen LogP contribution is -2.19. The lowest BCUT2D eigenvalue weighted by molar-refractivity contribution is -0.136. The van der Waals surface area contributed by atoms with Gasteiger partial charge in [0.25, 0.3) is 5.56 Å². The van der Waals surface area contributed by atoms with E-state index in [1.165, 1.54) is 7.11 Å². The summed E-state index contributed by atoms with van der Waals surface area (Å²) in [5.74, 6) is -0.346. The molecular formula is C16H17NO3. The van der Waals surface area contributed by atoms with Gasteiger partial charge in [0.05, 0.1) is 7.11 Å². The number of pyridine rings is 1. The van der Waals surface area contributed by atoms with Gasteiger partial charge in [0, 0.05) is 23.7 Å². The number of benzene rings is 1. The molecule has 0 radical (unpaired) electrons. The summed E-state index contributed by atoms with van der Waals surface area (Å²) in [6, 6.07) is 9.35. The molecule has 0 fully saturated rings. The van der Waals surface area contributed by atoms with Crippen molar-refractivity contribution in [2.45, 2.75) is 19.9 Å². The third kappa shape index (κ3) is 2.79. The molecule has 1 aromatic carbocycles. The molecule has 2 aromatic rings. The van der Waals surface area contributed by atoms with Crippen molar-refractivity contribution in [3.63, 3.8) is 0 Å². The van der Waals surface area contributed by atoms with Crippen LogP contribution in [0.3, 0.4) is 0 Å². The second-order valence-electron chi connectivity index (χ2n) is 4.44. The molecule has 0 N–H and O–H groups in total. The van der Waals surface area contributed by atoms with Crippen LogP contribution in [-0.4, -0.2) is 17.6 Å². The van der Waals surface area contributed by atoms with Crippen LogP contribution in [0, 0.1) is 0 Å². The van der Waals surface area contributed by atoms with Crippen molar-refractivity contribution in [3.05, 3.63) is 58.5 Å². The van der Waals surface area contributed by atoms with Crippen LogP contribution >= 0.6 is 0 Å². The number of hydrogen-bond acceptors (Lipinski definition) is 3. The van der Waals surface area contributed by atoms with Crippen molar-refractivity contribution < 1.29 is 9.53 Å². The van der Waals surface area contributed by atoms with E-state index in [4.69, 9.17) is 4.74 Å². The summed E-state index contributed by atoms with van der Waals surface area (Å²) in [4.78, 5) is 23.8. The minimum absolute atomic E-state index is 0.0559. The highest BCUT2D eigenvalue weighted by molar-refractivity contribution is 5.88. The number of ether oxygens (including phenoxy) is 1. The zero-order valence-electron chi connectivity index (χ0n) is 11.6. The fourth-order valence-electron chi connectivity index (χ4n) is 2.09. The molecule has 4 nitrogen and oxygen atoms in total. The molecule has 0 bridgehead atoms. The Morgan fingerprint density at radius 3 is 2.75 bits per heavy atom. The summed E-state index contributed by atoms with van der Waals surface area (Å²) in [6.45, 7) is 2.24. The van der Waals surface area contributed by atoms with Gasteiger partial charge in [-0.3, -0.25) is 4.79 Å². The van der Waals surface area contributed by atoms with E-state index in [1.807, 2.05) is 31.2 Å². The maximum absolute atomic E-state index is 12.3. The maximum atomic E-state index is 12.3. The summed E-state index contributed by atoms with van der Waals surface area (Å²) in [5, 5.41) is 1.60. The summed E-state index contributed by atoms with van der Waals surface area (Å²) in [5.41, 5.74) is 0.521. The van der Waals surface area contributed by atoms with Crippen LogP contribution in [-0.2, 0) is 16.1 Å². The first kappa shape index (κ1) is 14.1. The van der Waals surface area contributed by atoms with Gasteiger partial charge in [0.15, 0.2) is 0 Å². The highest BCUT2D eigenvalue weighted by Gasteiger charge is 2.07. The van der Waals surface area contributed by atoms with Crippen LogP contribution in [0.1, 0.15) is 13.3 Å². The topological polar surface area (TPSA) is 48.3 Å². The van der Waals surface area contributed by atoms with Gasteiger partial charge >= 0.3 is 5.97 Å². The van der Waals surface area contributed by atoms with E-state index >= 15 is 0 Å². The molecule has 1 heterocycles. The molecule has 20 heavy (non-hydrogen) atoms. The average Bonchev–Trinajstić information content (AvgIpc) is 2.49. The highest BCUT2D eigenvalue weighted by Crippen LogP contribution is 2.09. The van der Waals surface area contributed by atoms with Crippen LogP contribution in [0.5, 0.6) is 0 Å². The predicted octanol–water partition coefficient (Wildman–Crippen LogP) is 2.51. The minimum atomic E-state index is -0.346. The zero-order chi connectivity index (χ0) is 14.5. The number of carbonyl (C=O) groups is 1. The Hall–Kier alpha value is -2.36. The molecule has 1 aromatic heterocycles. The van der Waals surface area contributed by atoms with Gasteiger partial charge in [-0.15, -0.1) is 0 Å². The number of carbonyl (C=O) groups excluding carboxylic acids is 1. The summed E-state index contributed by atoms with van der Waals surface area (Å²) in [6.07, 6.45) is 4.06. The second-order valence-corrected chi connectivity index (χ2v) is 4.44. The molecule has 2 rings (SSSR count). The van der Waals surface area contributed by atoms with Crippen molar-refractivity contribution in [1.82, 2.24) is 4.57 Å². The molecule has 0 saturated heterocycles. The Balaban J connectivity index is 2.35. The molecule has 0 aliphatic heterocycles. The zero-order valence-corrected chi connectivity index (χ0v) is 11.6. The van der Waals surface area contributed by atoms with E-state index in [0.29, 0.717) is 23.9 Å². The third-order valence-corrected chi connectivity index (χ3v) is 3.25. The van der Waals surface area contributed by atoms with Gasteiger partial charge in [-0.25, -0.2) is 4.79 Å². The Morgan fingerprint density at radius 1 is 1.30 bits per heavy atom. The Bertz CT molecular complexity index is 713. The first-order valence-electron chi connectivity index (χ1n) is 6.53. The molecule has 0 saturated carbocycles. The van der Waals surface area contributed by atoms with Crippen LogP contribution in [0.25, 0.3) is 10.8 Å². The van der Waals surface area contributed by atoms with E-state index in [9.17, 15) is 9.59 Å². The first-order valence-corrected chi connectivity index (χ1v) is 6.53. The lowest BCUT2D eigenvalue weighted by Gasteiger charge is -2.06. The van der Waals surface area contributed by atoms with E-state index in [0.717, 1.165) is 5.39 Å². The van der Waals surface area contributed by atoms with Crippen LogP contribution in [0.15, 0.2) is 53.0 Å². The molecule has 4 heteroatoms. The molecule has 0 atom stereocenters. The fourth-order valence-corrected chi connectivity index (χ4v) is 2.09. The van der Waals surface area contributed by atoms with Gasteiger partial charge in [-0.1, -0.05) is 31.2 Å². The number of fused-ring (bicyclic) bond motifs is 1. The van der Waals surface area contributed by atoms with Crippen molar-refractivity contribution >= 4 is 16.7 Å². The summed E-state index contributed by atoms with van der Waals surface area (Å²) < 4.78 is 6.28. The van der Waals surface area contributed by atoms with Crippen molar-refractivity contribution in [2.75, 3.05) is 7.11 Å². The summed E-state index contributed by atoms with van der Waals surface area (Å²) >= 11 is 0.